The highest BCUT2D eigenvalue weighted by Gasteiger charge is 2.22. The summed E-state index contributed by atoms with van der Waals surface area (Å²) in [5.41, 5.74) is 3.59. The fourth-order valence-corrected chi connectivity index (χ4v) is 3.24. The van der Waals surface area contributed by atoms with Crippen LogP contribution >= 0.6 is 0 Å². The third-order valence-electron chi connectivity index (χ3n) is 4.57. The lowest BCUT2D eigenvalue weighted by Gasteiger charge is -2.26. The lowest BCUT2D eigenvalue weighted by molar-refractivity contribution is -0.121. The zero-order valence-electron chi connectivity index (χ0n) is 13.4. The van der Waals surface area contributed by atoms with Gasteiger partial charge in [0.25, 0.3) is 0 Å². The molecule has 0 fully saturated rings. The Morgan fingerprint density at radius 3 is 3.00 bits per heavy atom. The number of benzene rings is 1. The van der Waals surface area contributed by atoms with E-state index in [0.717, 1.165) is 30.4 Å². The third kappa shape index (κ3) is 3.82. The minimum atomic E-state index is -0.911. The number of carbonyl (C=O) groups excluding carboxylic acids is 1. The van der Waals surface area contributed by atoms with Crippen LogP contribution in [0.2, 0.25) is 0 Å². The summed E-state index contributed by atoms with van der Waals surface area (Å²) in [4.78, 5) is 23.2. The molecule has 0 spiro atoms. The van der Waals surface area contributed by atoms with Crippen molar-refractivity contribution >= 4 is 11.9 Å². The molecule has 0 aliphatic heterocycles. The number of rotatable bonds is 6. The van der Waals surface area contributed by atoms with Gasteiger partial charge in [-0.1, -0.05) is 6.07 Å². The van der Waals surface area contributed by atoms with Crippen LogP contribution in [0.25, 0.3) is 0 Å². The number of nitrogens with one attached hydrogen (secondary N) is 2. The molecule has 1 aliphatic carbocycles. The summed E-state index contributed by atoms with van der Waals surface area (Å²) >= 11 is 0. The van der Waals surface area contributed by atoms with E-state index in [9.17, 15) is 14.7 Å². The number of carboxylic acid groups (broad SMARTS) is 1. The maximum Gasteiger partial charge on any atom is 0.335 e. The molecule has 1 atom stereocenters. The molecule has 1 aromatic carbocycles. The number of aromatic amines is 1. The number of hydrogen-bond acceptors (Lipinski definition) is 3. The van der Waals surface area contributed by atoms with Crippen LogP contribution < -0.4 is 5.32 Å². The quantitative estimate of drug-likeness (QED) is 0.758. The van der Waals surface area contributed by atoms with E-state index in [0.29, 0.717) is 24.9 Å². The van der Waals surface area contributed by atoms with Crippen molar-refractivity contribution in [1.82, 2.24) is 15.5 Å². The normalized spacial score (nSPS) is 16.4. The Morgan fingerprint density at radius 2 is 2.25 bits per heavy atom. The molecule has 1 unspecified atom stereocenters. The third-order valence-corrected chi connectivity index (χ3v) is 4.57. The highest BCUT2D eigenvalue weighted by Crippen LogP contribution is 2.32. The number of carbonyl (C=O) groups is 2. The number of hydrogen-bond donors (Lipinski definition) is 3. The van der Waals surface area contributed by atoms with Gasteiger partial charge >= 0.3 is 5.97 Å². The van der Waals surface area contributed by atoms with Gasteiger partial charge in [0, 0.05) is 25.1 Å². The second kappa shape index (κ2) is 7.29. The molecule has 2 aromatic rings. The zero-order chi connectivity index (χ0) is 16.9. The summed E-state index contributed by atoms with van der Waals surface area (Å²) in [5, 5.41) is 18.8. The summed E-state index contributed by atoms with van der Waals surface area (Å²) in [5.74, 6) is -0.713. The Kier molecular flexibility index (Phi) is 4.93. The van der Waals surface area contributed by atoms with Crippen LogP contribution in [0.15, 0.2) is 30.6 Å². The van der Waals surface area contributed by atoms with E-state index in [1.165, 1.54) is 5.56 Å². The van der Waals surface area contributed by atoms with E-state index in [4.69, 9.17) is 0 Å². The summed E-state index contributed by atoms with van der Waals surface area (Å²) in [7, 11) is 0. The molecule has 24 heavy (non-hydrogen) atoms. The van der Waals surface area contributed by atoms with Gasteiger partial charge in [0.05, 0.1) is 11.8 Å². The van der Waals surface area contributed by atoms with Crippen molar-refractivity contribution in [1.29, 1.82) is 0 Å². The molecule has 0 saturated carbocycles. The van der Waals surface area contributed by atoms with Crippen LogP contribution in [0.5, 0.6) is 0 Å². The first-order chi connectivity index (χ1) is 11.6. The fourth-order valence-electron chi connectivity index (χ4n) is 3.24. The zero-order valence-corrected chi connectivity index (χ0v) is 13.4. The summed E-state index contributed by atoms with van der Waals surface area (Å²) in [6, 6.07) is 5.33. The number of amides is 1. The molecule has 3 rings (SSSR count). The lowest BCUT2D eigenvalue weighted by Crippen LogP contribution is -2.30. The van der Waals surface area contributed by atoms with Crippen LogP contribution in [0.4, 0.5) is 0 Å². The van der Waals surface area contributed by atoms with Gasteiger partial charge in [-0.25, -0.2) is 4.79 Å². The van der Waals surface area contributed by atoms with Gasteiger partial charge in [-0.2, -0.15) is 5.10 Å². The van der Waals surface area contributed by atoms with E-state index in [1.54, 1.807) is 24.5 Å². The van der Waals surface area contributed by atoms with Gasteiger partial charge < -0.3 is 10.4 Å². The number of H-pyrrole nitrogens is 1. The molecule has 6 nitrogen and oxygen atoms in total. The second-order valence-electron chi connectivity index (χ2n) is 6.22. The number of nitrogens with zero attached hydrogens (tertiary/aromatic N) is 1. The molecule has 0 saturated heterocycles. The molecular weight excluding hydrogens is 306 g/mol. The number of aromatic nitrogens is 2. The Balaban J connectivity index is 1.59. The Bertz CT molecular complexity index is 725. The van der Waals surface area contributed by atoms with Crippen LogP contribution in [0.1, 0.15) is 52.2 Å². The molecule has 126 valence electrons. The van der Waals surface area contributed by atoms with Gasteiger partial charge in [-0.15, -0.1) is 0 Å². The minimum Gasteiger partial charge on any atom is -0.478 e. The van der Waals surface area contributed by atoms with Crippen molar-refractivity contribution in [2.24, 2.45) is 0 Å². The van der Waals surface area contributed by atoms with Crippen molar-refractivity contribution in [2.75, 3.05) is 6.54 Å². The summed E-state index contributed by atoms with van der Waals surface area (Å²) < 4.78 is 0. The van der Waals surface area contributed by atoms with Crippen molar-refractivity contribution < 1.29 is 14.7 Å². The first-order valence-electron chi connectivity index (χ1n) is 8.24. The van der Waals surface area contributed by atoms with E-state index >= 15 is 0 Å². The van der Waals surface area contributed by atoms with Crippen LogP contribution in [0.3, 0.4) is 0 Å². The molecule has 1 aromatic heterocycles. The Labute approximate surface area is 140 Å². The van der Waals surface area contributed by atoms with Crippen molar-refractivity contribution in [3.05, 3.63) is 52.8 Å². The minimum absolute atomic E-state index is 0.0118. The van der Waals surface area contributed by atoms with Crippen LogP contribution in [0, 0.1) is 0 Å². The molecule has 0 radical (unpaired) electrons. The SMILES string of the molecule is O=C(CCc1cn[nH]c1)NCC1CCCc2ccc(C(=O)O)cc21. The predicted molar refractivity (Wildman–Crippen MR) is 89.0 cm³/mol. The number of aromatic carboxylic acids is 1. The van der Waals surface area contributed by atoms with Gasteiger partial charge in [0.2, 0.25) is 5.91 Å². The van der Waals surface area contributed by atoms with E-state index < -0.39 is 5.97 Å². The van der Waals surface area contributed by atoms with Crippen LogP contribution in [-0.2, 0) is 17.6 Å². The Morgan fingerprint density at radius 1 is 1.38 bits per heavy atom. The monoisotopic (exact) mass is 327 g/mol. The maximum atomic E-state index is 12.0. The topological polar surface area (TPSA) is 95.1 Å². The van der Waals surface area contributed by atoms with Gasteiger partial charge in [0.1, 0.15) is 0 Å². The second-order valence-corrected chi connectivity index (χ2v) is 6.22. The highest BCUT2D eigenvalue weighted by atomic mass is 16.4. The standard InChI is InChI=1S/C18H21N3O3/c22-17(7-4-12-9-20-21-10-12)19-11-15-3-1-2-13-5-6-14(18(23)24)8-16(13)15/h5-6,8-10,15H,1-4,7,11H2,(H,19,22)(H,20,21)(H,23,24). The van der Waals surface area contributed by atoms with E-state index in [2.05, 4.69) is 15.5 Å². The molecule has 6 heteroatoms. The van der Waals surface area contributed by atoms with Crippen molar-refractivity contribution in [3.63, 3.8) is 0 Å². The average molecular weight is 327 g/mol. The fraction of sp³-hybridized carbons (Fsp3) is 0.389. The van der Waals surface area contributed by atoms with Crippen LogP contribution in [-0.4, -0.2) is 33.7 Å². The summed E-state index contributed by atoms with van der Waals surface area (Å²) in [6.07, 6.45) is 7.60. The highest BCUT2D eigenvalue weighted by molar-refractivity contribution is 5.88. The number of carboxylic acids is 1. The maximum absolute atomic E-state index is 12.0. The molecular formula is C18H21N3O3. The first kappa shape index (κ1) is 16.2. The smallest absolute Gasteiger partial charge is 0.335 e. The molecule has 1 heterocycles. The first-order valence-corrected chi connectivity index (χ1v) is 8.24. The van der Waals surface area contributed by atoms with E-state index in [1.807, 2.05) is 6.07 Å². The molecule has 1 aliphatic rings. The van der Waals surface area contributed by atoms with Gasteiger partial charge in [0.15, 0.2) is 0 Å². The number of aryl methyl sites for hydroxylation is 2. The largest absolute Gasteiger partial charge is 0.478 e. The average Bonchev–Trinajstić information content (AvgIpc) is 3.11. The molecule has 3 N–H and O–H groups in total. The van der Waals surface area contributed by atoms with Crippen molar-refractivity contribution in [3.8, 4) is 0 Å². The van der Waals surface area contributed by atoms with E-state index in [-0.39, 0.29) is 11.8 Å². The molecule has 0 bridgehead atoms. The van der Waals surface area contributed by atoms with Gasteiger partial charge in [-0.3, -0.25) is 9.89 Å². The Hall–Kier alpha value is -2.63. The summed E-state index contributed by atoms with van der Waals surface area (Å²) in [6.45, 7) is 0.556. The molecule has 1 amide bonds. The predicted octanol–water partition coefficient (Wildman–Crippen LogP) is 2.28. The van der Waals surface area contributed by atoms with Gasteiger partial charge in [-0.05, 0) is 54.5 Å². The lowest BCUT2D eigenvalue weighted by atomic mass is 9.82. The van der Waals surface area contributed by atoms with Crippen molar-refractivity contribution in [2.45, 2.75) is 38.0 Å². The number of fused-ring (bicyclic) bond motifs is 1.